The normalized spacial score (nSPS) is 14.3. The summed E-state index contributed by atoms with van der Waals surface area (Å²) in [6, 6.07) is 7.89. The van der Waals surface area contributed by atoms with Crippen molar-refractivity contribution in [2.75, 3.05) is 32.0 Å². The molecule has 0 saturated carbocycles. The molecule has 43 heavy (non-hydrogen) atoms. The number of pyridine rings is 1. The molecule has 1 aliphatic rings. The van der Waals surface area contributed by atoms with Crippen LogP contribution in [0.15, 0.2) is 50.7 Å². The maximum Gasteiger partial charge on any atom is 0.274 e. The van der Waals surface area contributed by atoms with Crippen LogP contribution in [0.2, 0.25) is 0 Å². The lowest BCUT2D eigenvalue weighted by Crippen LogP contribution is -2.43. The van der Waals surface area contributed by atoms with Crippen molar-refractivity contribution in [2.45, 2.75) is 51.1 Å². The van der Waals surface area contributed by atoms with E-state index in [9.17, 15) is 14.4 Å². The topological polar surface area (TPSA) is 224 Å². The van der Waals surface area contributed by atoms with Crippen LogP contribution >= 0.6 is 0 Å². The summed E-state index contributed by atoms with van der Waals surface area (Å²) in [6.07, 6.45) is 5.76. The van der Waals surface area contributed by atoms with Gasteiger partial charge in [-0.3, -0.25) is 24.8 Å². The first-order chi connectivity index (χ1) is 20.7. The minimum atomic E-state index is -0.956. The second-order valence-corrected chi connectivity index (χ2v) is 10.7. The van der Waals surface area contributed by atoms with Crippen molar-refractivity contribution in [3.05, 3.63) is 58.3 Å². The first kappa shape index (κ1) is 31.1. The van der Waals surface area contributed by atoms with Crippen LogP contribution in [0, 0.1) is 11.3 Å². The number of nitrogens with one attached hydrogen (secondary N) is 3. The van der Waals surface area contributed by atoms with Crippen molar-refractivity contribution in [3.63, 3.8) is 0 Å². The highest BCUT2D eigenvalue weighted by molar-refractivity contribution is 6.00. The predicted molar refractivity (Wildman–Crippen MR) is 165 cm³/mol. The molecular formula is C29H40N10O4. The Hall–Kier alpha value is -4.88. The van der Waals surface area contributed by atoms with Crippen LogP contribution in [0.4, 0.5) is 5.69 Å². The van der Waals surface area contributed by atoms with E-state index in [2.05, 4.69) is 20.6 Å². The number of oxazole rings is 1. The monoisotopic (exact) mass is 592 g/mol. The fraction of sp³-hybridized carbons (Fsp3) is 0.448. The SMILES string of the molecule is CNc1c(CCC2CCN(C(=N)N)CC2)ccn(CC(=O)N[C@@H](CCCN=C(N)N)C(=O)c2nc3ccccc3o2)c1=O. The lowest BCUT2D eigenvalue weighted by molar-refractivity contribution is -0.122. The Bertz CT molecular complexity index is 1500. The molecule has 1 aromatic carbocycles. The van der Waals surface area contributed by atoms with Crippen LogP contribution < -0.4 is 33.4 Å². The van der Waals surface area contributed by atoms with Crippen LogP contribution in [0.25, 0.3) is 11.1 Å². The number of Topliss-reactive ketones (excluding diaryl/α,β-unsaturated/α-hetero) is 1. The zero-order valence-electron chi connectivity index (χ0n) is 24.3. The number of hydrogen-bond acceptors (Lipinski definition) is 8. The number of aryl methyl sites for hydroxylation is 1. The number of benzene rings is 1. The first-order valence-corrected chi connectivity index (χ1v) is 14.4. The molecule has 1 saturated heterocycles. The number of para-hydroxylation sites is 2. The molecule has 3 heterocycles. The lowest BCUT2D eigenvalue weighted by Gasteiger charge is -2.32. The van der Waals surface area contributed by atoms with Gasteiger partial charge in [0.15, 0.2) is 17.5 Å². The summed E-state index contributed by atoms with van der Waals surface area (Å²) in [7, 11) is 1.68. The standard InChI is InChI=1S/C29H40N10O4/c1-34-24-19(9-8-18-10-14-38(15-11-18)29(32)33)12-16-39(27(24)42)17-23(40)36-21(6-4-13-35-28(30)31)25(41)26-37-20-5-2-3-7-22(20)43-26/h2-3,5,7,12,16,18,21,34H,4,6,8-11,13-15,17H2,1H3,(H3,32,33)(H,36,40)(H4,30,31,35)/t21-/m0/s1. The van der Waals surface area contributed by atoms with E-state index < -0.39 is 17.7 Å². The number of ketones is 1. The van der Waals surface area contributed by atoms with Crippen LogP contribution in [-0.4, -0.2) is 70.8 Å². The van der Waals surface area contributed by atoms with E-state index in [0.29, 0.717) is 35.5 Å². The third kappa shape index (κ3) is 8.11. The number of nitrogens with two attached hydrogens (primary N) is 3. The van der Waals surface area contributed by atoms with E-state index in [4.69, 9.17) is 27.0 Å². The number of piperidine rings is 1. The van der Waals surface area contributed by atoms with Gasteiger partial charge in [-0.1, -0.05) is 12.1 Å². The molecule has 14 nitrogen and oxygen atoms in total. The molecule has 9 N–H and O–H groups in total. The minimum Gasteiger partial charge on any atom is -0.434 e. The van der Waals surface area contributed by atoms with E-state index in [1.54, 1.807) is 37.5 Å². The number of rotatable bonds is 13. The van der Waals surface area contributed by atoms with E-state index in [-0.39, 0.29) is 42.9 Å². The van der Waals surface area contributed by atoms with Gasteiger partial charge >= 0.3 is 0 Å². The van der Waals surface area contributed by atoms with Crippen molar-refractivity contribution < 1.29 is 14.0 Å². The van der Waals surface area contributed by atoms with Crippen LogP contribution in [-0.2, 0) is 17.8 Å². The number of aromatic nitrogens is 2. The number of fused-ring (bicyclic) bond motifs is 1. The summed E-state index contributed by atoms with van der Waals surface area (Å²) >= 11 is 0. The molecule has 14 heteroatoms. The van der Waals surface area contributed by atoms with Gasteiger partial charge in [-0.15, -0.1) is 0 Å². The molecule has 3 aromatic rings. The van der Waals surface area contributed by atoms with Gasteiger partial charge < -0.3 is 41.7 Å². The molecule has 0 unspecified atom stereocenters. The van der Waals surface area contributed by atoms with Crippen molar-refractivity contribution in [3.8, 4) is 0 Å². The molecule has 0 spiro atoms. The van der Waals surface area contributed by atoms with Crippen molar-refractivity contribution >= 4 is 40.4 Å². The third-order valence-electron chi connectivity index (χ3n) is 7.69. The molecule has 1 aliphatic heterocycles. The summed E-state index contributed by atoms with van der Waals surface area (Å²) in [4.78, 5) is 49.8. The van der Waals surface area contributed by atoms with Gasteiger partial charge in [0.1, 0.15) is 17.7 Å². The highest BCUT2D eigenvalue weighted by Gasteiger charge is 2.27. The summed E-state index contributed by atoms with van der Waals surface area (Å²) < 4.78 is 6.96. The highest BCUT2D eigenvalue weighted by atomic mass is 16.4. The average Bonchev–Trinajstić information content (AvgIpc) is 3.43. The average molecular weight is 593 g/mol. The molecule has 0 radical (unpaired) electrons. The minimum absolute atomic E-state index is 0.0626. The Morgan fingerprint density at radius 2 is 1.93 bits per heavy atom. The predicted octanol–water partition coefficient (Wildman–Crippen LogP) is 0.991. The van der Waals surface area contributed by atoms with Gasteiger partial charge in [-0.25, -0.2) is 4.98 Å². The highest BCUT2D eigenvalue weighted by Crippen LogP contribution is 2.24. The number of likely N-dealkylation sites (tertiary alicyclic amines) is 1. The molecule has 1 amide bonds. The fourth-order valence-corrected chi connectivity index (χ4v) is 5.33. The molecule has 1 fully saturated rings. The zero-order valence-corrected chi connectivity index (χ0v) is 24.3. The van der Waals surface area contributed by atoms with Crippen LogP contribution in [0.3, 0.4) is 0 Å². The summed E-state index contributed by atoms with van der Waals surface area (Å²) in [5.41, 5.74) is 18.4. The maximum atomic E-state index is 13.3. The van der Waals surface area contributed by atoms with Gasteiger partial charge in [0.2, 0.25) is 11.7 Å². The van der Waals surface area contributed by atoms with Crippen molar-refractivity contribution in [1.29, 1.82) is 5.41 Å². The van der Waals surface area contributed by atoms with Crippen LogP contribution in [0.5, 0.6) is 0 Å². The number of carbonyl (C=O) groups is 2. The molecular weight excluding hydrogens is 552 g/mol. The first-order valence-electron chi connectivity index (χ1n) is 14.4. The van der Waals surface area contributed by atoms with Gasteiger partial charge in [0, 0.05) is 32.9 Å². The molecule has 1 atom stereocenters. The van der Waals surface area contributed by atoms with Gasteiger partial charge in [0.05, 0.1) is 6.04 Å². The van der Waals surface area contributed by atoms with Crippen molar-refractivity contribution in [2.24, 2.45) is 28.1 Å². The van der Waals surface area contributed by atoms with E-state index in [1.165, 1.54) is 4.57 Å². The molecule has 230 valence electrons. The van der Waals surface area contributed by atoms with Gasteiger partial charge in [-0.05, 0) is 68.2 Å². The summed E-state index contributed by atoms with van der Waals surface area (Å²) in [6.45, 7) is 1.53. The number of anilines is 1. The third-order valence-corrected chi connectivity index (χ3v) is 7.69. The smallest absolute Gasteiger partial charge is 0.274 e. The van der Waals surface area contributed by atoms with E-state index in [1.807, 2.05) is 11.0 Å². The lowest BCUT2D eigenvalue weighted by atomic mass is 9.90. The maximum absolute atomic E-state index is 13.3. The summed E-state index contributed by atoms with van der Waals surface area (Å²) in [5.74, 6) is -0.577. The number of carbonyl (C=O) groups excluding carboxylic acids is 2. The number of amides is 1. The Balaban J connectivity index is 1.42. The second-order valence-electron chi connectivity index (χ2n) is 10.7. The number of guanidine groups is 2. The second kappa shape index (κ2) is 14.3. The Kier molecular flexibility index (Phi) is 10.4. The number of aliphatic imine (C=N–C) groups is 1. The largest absolute Gasteiger partial charge is 0.434 e. The fourth-order valence-electron chi connectivity index (χ4n) is 5.33. The van der Waals surface area contributed by atoms with E-state index >= 15 is 0 Å². The number of hydrogen-bond donors (Lipinski definition) is 6. The molecule has 4 rings (SSSR count). The zero-order chi connectivity index (χ0) is 30.9. The van der Waals surface area contributed by atoms with Gasteiger partial charge in [0.25, 0.3) is 11.4 Å². The molecule has 0 bridgehead atoms. The van der Waals surface area contributed by atoms with Crippen molar-refractivity contribution in [1.82, 2.24) is 19.8 Å². The number of nitrogens with zero attached hydrogens (tertiary/aromatic N) is 4. The summed E-state index contributed by atoms with van der Waals surface area (Å²) in [5, 5.41) is 13.3. The molecule has 0 aliphatic carbocycles. The quantitative estimate of drug-likeness (QED) is 0.0714. The van der Waals surface area contributed by atoms with Gasteiger partial charge in [-0.2, -0.15) is 0 Å². The van der Waals surface area contributed by atoms with E-state index in [0.717, 1.165) is 37.9 Å². The Morgan fingerprint density at radius 3 is 2.60 bits per heavy atom. The Morgan fingerprint density at radius 1 is 1.19 bits per heavy atom. The Labute approximate surface area is 249 Å². The molecule has 2 aromatic heterocycles. The van der Waals surface area contributed by atoms with Crippen LogP contribution in [0.1, 0.15) is 48.4 Å².